The molecular weight excluding hydrogens is 354 g/mol. The van der Waals surface area contributed by atoms with E-state index in [-0.39, 0.29) is 23.5 Å². The Morgan fingerprint density at radius 3 is 2.56 bits per heavy atom. The number of amides is 1. The largest absolute Gasteiger partial charge is 0.452 e. The number of methoxy groups -OCH3 is 1. The van der Waals surface area contributed by atoms with Crippen molar-refractivity contribution in [2.75, 3.05) is 32.2 Å². The van der Waals surface area contributed by atoms with Gasteiger partial charge in [0.15, 0.2) is 6.61 Å². The summed E-state index contributed by atoms with van der Waals surface area (Å²) >= 11 is 0. The summed E-state index contributed by atoms with van der Waals surface area (Å²) in [5.74, 6) is -1.32. The fourth-order valence-corrected chi connectivity index (χ4v) is 2.15. The predicted octanol–water partition coefficient (Wildman–Crippen LogP) is 2.26. The lowest BCUT2D eigenvalue weighted by molar-refractivity contribution is -0.383. The summed E-state index contributed by atoms with van der Waals surface area (Å²) in [6, 6.07) is 12.8. The van der Waals surface area contributed by atoms with E-state index >= 15 is 0 Å². The second-order valence-corrected chi connectivity index (χ2v) is 5.40. The van der Waals surface area contributed by atoms with Crippen molar-refractivity contribution in [2.45, 2.75) is 0 Å². The average Bonchev–Trinajstić information content (AvgIpc) is 2.67. The number of nitrogens with zero attached hydrogens (tertiary/aromatic N) is 1. The first-order valence-electron chi connectivity index (χ1n) is 8.04. The van der Waals surface area contributed by atoms with Gasteiger partial charge >= 0.3 is 5.97 Å². The van der Waals surface area contributed by atoms with Gasteiger partial charge in [0, 0.05) is 25.4 Å². The van der Waals surface area contributed by atoms with Gasteiger partial charge in [-0.25, -0.2) is 4.79 Å². The van der Waals surface area contributed by atoms with E-state index in [1.165, 1.54) is 19.2 Å². The van der Waals surface area contributed by atoms with E-state index < -0.39 is 23.4 Å². The quantitative estimate of drug-likeness (QED) is 0.299. The van der Waals surface area contributed by atoms with Crippen molar-refractivity contribution in [1.29, 1.82) is 0 Å². The van der Waals surface area contributed by atoms with Crippen LogP contribution in [0.5, 0.6) is 0 Å². The second-order valence-electron chi connectivity index (χ2n) is 5.40. The Kier molecular flexibility index (Phi) is 7.26. The zero-order valence-electron chi connectivity index (χ0n) is 14.6. The molecule has 0 bridgehead atoms. The molecule has 1 amide bonds. The third-order valence-electron chi connectivity index (χ3n) is 3.45. The van der Waals surface area contributed by atoms with Crippen LogP contribution in [0.15, 0.2) is 48.5 Å². The lowest BCUT2D eigenvalue weighted by Gasteiger charge is -2.09. The maximum absolute atomic E-state index is 12.1. The van der Waals surface area contributed by atoms with Gasteiger partial charge in [-0.05, 0) is 24.3 Å². The standard InChI is InChI=1S/C18H19N3O6/c1-26-10-9-19-17(22)12-27-18(23)13-7-8-15(16(11-13)21(24)25)20-14-5-3-2-4-6-14/h2-8,11,20H,9-10,12H2,1H3,(H,19,22). The number of nitrogens with one attached hydrogen (secondary N) is 2. The first-order chi connectivity index (χ1) is 13.0. The summed E-state index contributed by atoms with van der Waals surface area (Å²) in [5, 5.41) is 16.8. The van der Waals surface area contributed by atoms with Crippen molar-refractivity contribution in [3.63, 3.8) is 0 Å². The first-order valence-corrected chi connectivity index (χ1v) is 8.04. The molecule has 0 heterocycles. The topological polar surface area (TPSA) is 120 Å². The Hall–Kier alpha value is -3.46. The van der Waals surface area contributed by atoms with E-state index in [1.807, 2.05) is 6.07 Å². The minimum absolute atomic E-state index is 0.0231. The molecule has 9 nitrogen and oxygen atoms in total. The fraction of sp³-hybridized carbons (Fsp3) is 0.222. The van der Waals surface area contributed by atoms with E-state index in [9.17, 15) is 19.7 Å². The number of benzene rings is 2. The van der Waals surface area contributed by atoms with Crippen molar-refractivity contribution in [2.24, 2.45) is 0 Å². The number of ether oxygens (including phenoxy) is 2. The van der Waals surface area contributed by atoms with Crippen LogP contribution < -0.4 is 10.6 Å². The van der Waals surface area contributed by atoms with Gasteiger partial charge in [0.25, 0.3) is 11.6 Å². The van der Waals surface area contributed by atoms with E-state index in [1.54, 1.807) is 24.3 Å². The number of nitro groups is 1. The highest BCUT2D eigenvalue weighted by Gasteiger charge is 2.19. The summed E-state index contributed by atoms with van der Waals surface area (Å²) in [5.41, 5.74) is 0.603. The first kappa shape index (κ1) is 19.9. The molecule has 0 unspecified atom stereocenters. The van der Waals surface area contributed by atoms with Crippen molar-refractivity contribution in [1.82, 2.24) is 5.32 Å². The summed E-state index contributed by atoms with van der Waals surface area (Å²) in [6.45, 7) is 0.139. The van der Waals surface area contributed by atoms with Gasteiger partial charge in [0.2, 0.25) is 0 Å². The number of nitro benzene ring substituents is 1. The van der Waals surface area contributed by atoms with Gasteiger partial charge in [-0.3, -0.25) is 14.9 Å². The lowest BCUT2D eigenvalue weighted by Crippen LogP contribution is -2.31. The minimum Gasteiger partial charge on any atom is -0.452 e. The van der Waals surface area contributed by atoms with Crippen molar-refractivity contribution < 1.29 is 24.0 Å². The minimum atomic E-state index is -0.828. The lowest BCUT2D eigenvalue weighted by atomic mass is 10.1. The summed E-state index contributed by atoms with van der Waals surface area (Å²) in [7, 11) is 1.50. The number of anilines is 2. The highest BCUT2D eigenvalue weighted by Crippen LogP contribution is 2.28. The Morgan fingerprint density at radius 2 is 1.89 bits per heavy atom. The molecule has 0 aliphatic rings. The molecule has 0 atom stereocenters. The van der Waals surface area contributed by atoms with Crippen molar-refractivity contribution in [3.05, 3.63) is 64.2 Å². The Morgan fingerprint density at radius 1 is 1.15 bits per heavy atom. The average molecular weight is 373 g/mol. The number of para-hydroxylation sites is 1. The molecule has 142 valence electrons. The third kappa shape index (κ3) is 6.08. The van der Waals surface area contributed by atoms with Crippen molar-refractivity contribution in [3.8, 4) is 0 Å². The van der Waals surface area contributed by atoms with Gasteiger partial charge in [0.1, 0.15) is 5.69 Å². The van der Waals surface area contributed by atoms with Crippen molar-refractivity contribution >= 4 is 28.9 Å². The molecular formula is C18H19N3O6. The number of esters is 1. The number of rotatable bonds is 9. The van der Waals surface area contributed by atoms with Crippen LogP contribution in [0.4, 0.5) is 17.1 Å². The molecule has 2 N–H and O–H groups in total. The Bertz CT molecular complexity index is 810. The molecule has 0 fully saturated rings. The molecule has 2 rings (SSSR count). The van der Waals surface area contributed by atoms with E-state index in [4.69, 9.17) is 9.47 Å². The molecule has 0 spiro atoms. The number of hydrogen-bond acceptors (Lipinski definition) is 7. The molecule has 0 saturated carbocycles. The normalized spacial score (nSPS) is 10.1. The molecule has 0 aliphatic heterocycles. The Balaban J connectivity index is 2.05. The van der Waals surface area contributed by atoms with Crippen LogP contribution in [0.25, 0.3) is 0 Å². The maximum atomic E-state index is 12.1. The van der Waals surface area contributed by atoms with Gasteiger partial charge in [-0.2, -0.15) is 0 Å². The second kappa shape index (κ2) is 9.88. The SMILES string of the molecule is COCCNC(=O)COC(=O)c1ccc(Nc2ccccc2)c([N+](=O)[O-])c1. The van der Waals surface area contributed by atoms with Gasteiger partial charge in [0.05, 0.1) is 17.1 Å². The zero-order valence-corrected chi connectivity index (χ0v) is 14.6. The Labute approximate surface area is 155 Å². The monoisotopic (exact) mass is 373 g/mol. The molecule has 2 aromatic rings. The summed E-state index contributed by atoms with van der Waals surface area (Å²) in [4.78, 5) is 34.3. The number of carbonyl (C=O) groups is 2. The number of hydrogen-bond donors (Lipinski definition) is 2. The summed E-state index contributed by atoms with van der Waals surface area (Å²) < 4.78 is 9.66. The molecule has 27 heavy (non-hydrogen) atoms. The van der Waals surface area contributed by atoms with E-state index in [0.29, 0.717) is 12.3 Å². The van der Waals surface area contributed by atoms with Crippen LogP contribution in [-0.4, -0.2) is 43.7 Å². The van der Waals surface area contributed by atoms with Gasteiger partial charge < -0.3 is 20.1 Å². The van der Waals surface area contributed by atoms with Crippen LogP contribution in [0.2, 0.25) is 0 Å². The van der Waals surface area contributed by atoms with Crippen LogP contribution >= 0.6 is 0 Å². The maximum Gasteiger partial charge on any atom is 0.338 e. The fourth-order valence-electron chi connectivity index (χ4n) is 2.15. The van der Waals surface area contributed by atoms with E-state index in [0.717, 1.165) is 6.07 Å². The van der Waals surface area contributed by atoms with Crippen LogP contribution in [0.1, 0.15) is 10.4 Å². The number of carbonyl (C=O) groups excluding carboxylic acids is 2. The van der Waals surface area contributed by atoms with Crippen LogP contribution in [-0.2, 0) is 14.3 Å². The van der Waals surface area contributed by atoms with Crippen LogP contribution in [0, 0.1) is 10.1 Å². The molecule has 2 aromatic carbocycles. The molecule has 0 aliphatic carbocycles. The zero-order chi connectivity index (χ0) is 19.6. The van der Waals surface area contributed by atoms with Crippen LogP contribution in [0.3, 0.4) is 0 Å². The molecule has 0 saturated heterocycles. The van der Waals surface area contributed by atoms with E-state index in [2.05, 4.69) is 10.6 Å². The third-order valence-corrected chi connectivity index (χ3v) is 3.45. The molecule has 0 radical (unpaired) electrons. The molecule has 0 aromatic heterocycles. The van der Waals surface area contributed by atoms with Gasteiger partial charge in [-0.1, -0.05) is 18.2 Å². The van der Waals surface area contributed by atoms with Gasteiger partial charge in [-0.15, -0.1) is 0 Å². The highest BCUT2D eigenvalue weighted by atomic mass is 16.6. The smallest absolute Gasteiger partial charge is 0.338 e. The predicted molar refractivity (Wildman–Crippen MR) is 98.0 cm³/mol. The highest BCUT2D eigenvalue weighted by molar-refractivity contribution is 5.93. The summed E-state index contributed by atoms with van der Waals surface area (Å²) in [6.07, 6.45) is 0. The molecule has 9 heteroatoms.